The predicted molar refractivity (Wildman–Crippen MR) is 93.1 cm³/mol. The summed E-state index contributed by atoms with van der Waals surface area (Å²) in [5.74, 6) is 0.000541. The molecule has 0 bridgehead atoms. The number of benzene rings is 2. The normalized spacial score (nSPS) is 12.3. The van der Waals surface area contributed by atoms with Gasteiger partial charge in [-0.1, -0.05) is 42.5 Å². The second kappa shape index (κ2) is 7.40. The Morgan fingerprint density at radius 1 is 0.870 bits per heavy atom. The average molecular weight is 351 g/mol. The van der Waals surface area contributed by atoms with Crippen LogP contribution in [0.15, 0.2) is 59.5 Å². The minimum absolute atomic E-state index is 0.000541. The topological polar surface area (TPSA) is 52.6 Å². The van der Waals surface area contributed by atoms with E-state index >= 15 is 0 Å². The molecule has 2 aromatic rings. The van der Waals surface area contributed by atoms with Gasteiger partial charge in [0.15, 0.2) is 9.84 Å². The van der Waals surface area contributed by atoms with E-state index in [0.717, 1.165) is 17.2 Å². The van der Waals surface area contributed by atoms with Gasteiger partial charge < -0.3 is 8.85 Å². The lowest BCUT2D eigenvalue weighted by Gasteiger charge is -2.22. The molecule has 0 fully saturated rings. The zero-order valence-electron chi connectivity index (χ0n) is 13.7. The molecule has 0 saturated heterocycles. The van der Waals surface area contributed by atoms with Crippen LogP contribution in [-0.4, -0.2) is 31.2 Å². The third kappa shape index (κ3) is 4.75. The fourth-order valence-corrected chi connectivity index (χ4v) is 5.08. The summed E-state index contributed by atoms with van der Waals surface area (Å²) in [5.41, 5.74) is 1.86. The summed E-state index contributed by atoms with van der Waals surface area (Å²) in [5, 5.41) is 0. The van der Waals surface area contributed by atoms with Crippen LogP contribution in [-0.2, 0) is 30.5 Å². The molecule has 6 heteroatoms. The summed E-state index contributed by atoms with van der Waals surface area (Å²) < 4.78 is 35.7. The number of hydrogen-bond donors (Lipinski definition) is 0. The van der Waals surface area contributed by atoms with Gasteiger partial charge in [-0.25, -0.2) is 8.42 Å². The van der Waals surface area contributed by atoms with Crippen molar-refractivity contribution in [1.29, 1.82) is 0 Å². The van der Waals surface area contributed by atoms with E-state index in [2.05, 4.69) is 0 Å². The molecular weight excluding hydrogens is 328 g/mol. The summed E-state index contributed by atoms with van der Waals surface area (Å²) in [6, 6.07) is 16.8. The Labute approximate surface area is 139 Å². The molecule has 23 heavy (non-hydrogen) atoms. The van der Waals surface area contributed by atoms with E-state index in [4.69, 9.17) is 8.85 Å². The maximum atomic E-state index is 12.4. The zero-order valence-corrected chi connectivity index (χ0v) is 15.5. The van der Waals surface area contributed by atoms with E-state index in [1.54, 1.807) is 44.6 Å². The molecule has 0 spiro atoms. The molecule has 0 heterocycles. The summed E-state index contributed by atoms with van der Waals surface area (Å²) >= 11 is 0. The van der Waals surface area contributed by atoms with E-state index < -0.39 is 18.4 Å². The first kappa shape index (κ1) is 17.9. The quantitative estimate of drug-likeness (QED) is 0.720. The van der Waals surface area contributed by atoms with Crippen LogP contribution in [0.4, 0.5) is 0 Å². The van der Waals surface area contributed by atoms with Crippen LogP contribution in [0.2, 0.25) is 6.55 Å². The maximum absolute atomic E-state index is 12.4. The van der Waals surface area contributed by atoms with Crippen molar-refractivity contribution in [2.24, 2.45) is 0 Å². The molecule has 0 unspecified atom stereocenters. The highest BCUT2D eigenvalue weighted by Gasteiger charge is 2.29. The minimum Gasteiger partial charge on any atom is -0.398 e. The minimum atomic E-state index is -3.31. The van der Waals surface area contributed by atoms with Crippen molar-refractivity contribution in [2.75, 3.05) is 14.2 Å². The lowest BCUT2D eigenvalue weighted by Crippen LogP contribution is -2.39. The Morgan fingerprint density at radius 2 is 1.39 bits per heavy atom. The molecule has 0 aliphatic heterocycles. The average Bonchev–Trinajstić information content (AvgIpc) is 2.57. The molecule has 0 N–H and O–H groups in total. The van der Waals surface area contributed by atoms with Gasteiger partial charge in [0, 0.05) is 20.3 Å². The molecule has 0 aromatic heterocycles. The fourth-order valence-electron chi connectivity index (χ4n) is 2.28. The van der Waals surface area contributed by atoms with E-state index in [1.807, 2.05) is 30.8 Å². The first-order chi connectivity index (χ1) is 10.9. The van der Waals surface area contributed by atoms with Gasteiger partial charge in [0.1, 0.15) is 0 Å². The van der Waals surface area contributed by atoms with Crippen LogP contribution < -0.4 is 0 Å². The first-order valence-corrected chi connectivity index (χ1v) is 11.5. The molecule has 4 nitrogen and oxygen atoms in total. The van der Waals surface area contributed by atoms with Crippen molar-refractivity contribution in [3.8, 4) is 0 Å². The number of hydrogen-bond acceptors (Lipinski definition) is 4. The van der Waals surface area contributed by atoms with Crippen LogP contribution in [0.5, 0.6) is 0 Å². The lowest BCUT2D eigenvalue weighted by molar-refractivity contribution is 0.249. The largest absolute Gasteiger partial charge is 0.398 e. The third-order valence-corrected chi connectivity index (χ3v) is 8.35. The van der Waals surface area contributed by atoms with Gasteiger partial charge >= 0.3 is 8.56 Å². The molecular formula is C17H22O4SSi. The Kier molecular flexibility index (Phi) is 5.75. The Hall–Kier alpha value is -1.47. The van der Waals surface area contributed by atoms with Crippen molar-refractivity contribution in [1.82, 2.24) is 0 Å². The van der Waals surface area contributed by atoms with E-state index in [-0.39, 0.29) is 5.75 Å². The van der Waals surface area contributed by atoms with E-state index in [1.165, 1.54) is 0 Å². The summed E-state index contributed by atoms with van der Waals surface area (Å²) in [4.78, 5) is 0.350. The molecule has 124 valence electrons. The van der Waals surface area contributed by atoms with Crippen LogP contribution >= 0.6 is 0 Å². The fraction of sp³-hybridized carbons (Fsp3) is 0.294. The Balaban J connectivity index is 2.12. The number of rotatable bonds is 7. The second-order valence-electron chi connectivity index (χ2n) is 5.61. The second-order valence-corrected chi connectivity index (χ2v) is 11.0. The molecule has 0 aliphatic carbocycles. The van der Waals surface area contributed by atoms with Gasteiger partial charge in [0.2, 0.25) is 0 Å². The van der Waals surface area contributed by atoms with Gasteiger partial charge in [-0.15, -0.1) is 0 Å². The highest BCUT2D eigenvalue weighted by atomic mass is 32.2. The van der Waals surface area contributed by atoms with Crippen molar-refractivity contribution in [3.05, 3.63) is 65.7 Å². The molecule has 0 atom stereocenters. The third-order valence-electron chi connectivity index (χ3n) is 3.87. The van der Waals surface area contributed by atoms with Crippen LogP contribution in [0.1, 0.15) is 11.1 Å². The molecule has 0 aliphatic rings. The summed E-state index contributed by atoms with van der Waals surface area (Å²) in [6.07, 6.45) is 0. The molecule has 2 rings (SSSR count). The molecule has 0 saturated carbocycles. The zero-order chi connectivity index (χ0) is 16.9. The monoisotopic (exact) mass is 350 g/mol. The SMILES string of the molecule is CO[Si](C)(Cc1ccc(CS(=O)(=O)c2ccccc2)cc1)OC. The summed E-state index contributed by atoms with van der Waals surface area (Å²) in [6.45, 7) is 2.00. The van der Waals surface area contributed by atoms with Gasteiger partial charge in [-0.2, -0.15) is 0 Å². The molecule has 0 radical (unpaired) electrons. The smallest absolute Gasteiger partial charge is 0.338 e. The van der Waals surface area contributed by atoms with Crippen LogP contribution in [0.3, 0.4) is 0 Å². The van der Waals surface area contributed by atoms with Gasteiger partial charge in [0.25, 0.3) is 0 Å². The maximum Gasteiger partial charge on any atom is 0.338 e. The van der Waals surface area contributed by atoms with Crippen molar-refractivity contribution in [2.45, 2.75) is 23.2 Å². The lowest BCUT2D eigenvalue weighted by atomic mass is 10.2. The Morgan fingerprint density at radius 3 is 1.91 bits per heavy atom. The highest BCUT2D eigenvalue weighted by molar-refractivity contribution is 7.90. The van der Waals surface area contributed by atoms with Gasteiger partial charge in [-0.3, -0.25) is 0 Å². The predicted octanol–water partition coefficient (Wildman–Crippen LogP) is 3.11. The molecule has 2 aromatic carbocycles. The highest BCUT2D eigenvalue weighted by Crippen LogP contribution is 2.18. The molecule has 0 amide bonds. The van der Waals surface area contributed by atoms with E-state index in [0.29, 0.717) is 4.90 Å². The summed E-state index contributed by atoms with van der Waals surface area (Å²) in [7, 11) is -2.16. The van der Waals surface area contributed by atoms with E-state index in [9.17, 15) is 8.42 Å². The van der Waals surface area contributed by atoms with Gasteiger partial charge in [0.05, 0.1) is 10.6 Å². The van der Waals surface area contributed by atoms with Crippen molar-refractivity contribution in [3.63, 3.8) is 0 Å². The standard InChI is InChI=1S/C17H22O4SSi/c1-20-23(3,21-2)14-16-11-9-15(10-12-16)13-22(18,19)17-7-5-4-6-8-17/h4-12H,13-14H2,1-3H3. The Bertz CT molecular complexity index is 723. The van der Waals surface area contributed by atoms with Crippen LogP contribution in [0, 0.1) is 0 Å². The van der Waals surface area contributed by atoms with Crippen molar-refractivity contribution >= 4 is 18.4 Å². The first-order valence-electron chi connectivity index (χ1n) is 7.34. The van der Waals surface area contributed by atoms with Crippen LogP contribution in [0.25, 0.3) is 0 Å². The van der Waals surface area contributed by atoms with Gasteiger partial charge in [-0.05, 0) is 29.8 Å². The van der Waals surface area contributed by atoms with Crippen molar-refractivity contribution < 1.29 is 17.3 Å². The number of sulfone groups is 1.